The van der Waals surface area contributed by atoms with E-state index in [4.69, 9.17) is 0 Å². The van der Waals surface area contributed by atoms with E-state index in [1.54, 1.807) is 48.5 Å². The number of oxime groups is 1. The highest BCUT2D eigenvalue weighted by molar-refractivity contribution is 6.35. The molecule has 21 heavy (non-hydrogen) atoms. The van der Waals surface area contributed by atoms with Crippen LogP contribution in [0.25, 0.3) is 0 Å². The molecular weight excluding hydrogens is 268 g/mol. The van der Waals surface area contributed by atoms with E-state index in [1.807, 2.05) is 0 Å². The van der Waals surface area contributed by atoms with Crippen molar-refractivity contribution in [2.24, 2.45) is 5.16 Å². The van der Waals surface area contributed by atoms with E-state index in [9.17, 15) is 9.59 Å². The maximum Gasteiger partial charge on any atom is 0.266 e. The fraction of sp³-hybridized carbons (Fsp3) is 0.0625. The van der Waals surface area contributed by atoms with Gasteiger partial charge in [0, 0.05) is 5.56 Å². The molecule has 1 aliphatic rings. The minimum absolute atomic E-state index is 0.325. The van der Waals surface area contributed by atoms with Gasteiger partial charge in [0.15, 0.2) is 0 Å². The smallest absolute Gasteiger partial charge is 0.266 e. The van der Waals surface area contributed by atoms with Gasteiger partial charge in [-0.3, -0.25) is 9.59 Å². The Morgan fingerprint density at radius 1 is 0.952 bits per heavy atom. The summed E-state index contributed by atoms with van der Waals surface area (Å²) in [5.41, 5.74) is 1.96. The number of amides is 2. The minimum atomic E-state index is -0.325. The summed E-state index contributed by atoms with van der Waals surface area (Å²) in [6, 6.07) is 13.8. The third kappa shape index (κ3) is 2.08. The van der Waals surface area contributed by atoms with Gasteiger partial charge in [0.2, 0.25) is 0 Å². The standard InChI is InChI=1S/C16H12N2O3/c1-21-17-10-11-6-2-5-9-14(11)18-15(19)12-7-3-4-8-13(12)16(18)20/h2-10H,1H3. The first-order valence-electron chi connectivity index (χ1n) is 6.37. The second-order valence-electron chi connectivity index (χ2n) is 4.47. The van der Waals surface area contributed by atoms with Crippen LogP contribution in [-0.4, -0.2) is 25.1 Å². The van der Waals surface area contributed by atoms with Crippen LogP contribution in [0.2, 0.25) is 0 Å². The predicted octanol–water partition coefficient (Wildman–Crippen LogP) is 2.47. The number of rotatable bonds is 3. The van der Waals surface area contributed by atoms with Crippen LogP contribution in [0.3, 0.4) is 0 Å². The van der Waals surface area contributed by atoms with Crippen molar-refractivity contribution in [3.8, 4) is 0 Å². The molecule has 0 aliphatic carbocycles. The van der Waals surface area contributed by atoms with Crippen LogP contribution in [0.5, 0.6) is 0 Å². The highest BCUT2D eigenvalue weighted by Gasteiger charge is 2.36. The van der Waals surface area contributed by atoms with Crippen LogP contribution in [0, 0.1) is 0 Å². The number of carbonyl (C=O) groups is 2. The number of fused-ring (bicyclic) bond motifs is 1. The fourth-order valence-corrected chi connectivity index (χ4v) is 2.32. The molecule has 0 saturated carbocycles. The Morgan fingerprint density at radius 3 is 2.14 bits per heavy atom. The molecule has 1 heterocycles. The Bertz CT molecular complexity index is 718. The van der Waals surface area contributed by atoms with Gasteiger partial charge in [0.1, 0.15) is 7.11 Å². The number of hydrogen-bond acceptors (Lipinski definition) is 4. The number of imide groups is 1. The Morgan fingerprint density at radius 2 is 1.52 bits per heavy atom. The molecule has 0 radical (unpaired) electrons. The number of carbonyl (C=O) groups excluding carboxylic acids is 2. The number of benzene rings is 2. The summed E-state index contributed by atoms with van der Waals surface area (Å²) in [7, 11) is 1.43. The highest BCUT2D eigenvalue weighted by Crippen LogP contribution is 2.29. The maximum atomic E-state index is 12.5. The molecule has 0 atom stereocenters. The number of anilines is 1. The van der Waals surface area contributed by atoms with Crippen molar-refractivity contribution in [1.82, 2.24) is 0 Å². The zero-order chi connectivity index (χ0) is 14.8. The third-order valence-electron chi connectivity index (χ3n) is 3.27. The third-order valence-corrected chi connectivity index (χ3v) is 3.27. The summed E-state index contributed by atoms with van der Waals surface area (Å²) in [5, 5.41) is 3.70. The highest BCUT2D eigenvalue weighted by atomic mass is 16.6. The Hall–Kier alpha value is -2.95. The molecule has 1 aliphatic heterocycles. The minimum Gasteiger partial charge on any atom is -0.399 e. The Kier molecular flexibility index (Phi) is 3.23. The lowest BCUT2D eigenvalue weighted by Gasteiger charge is -2.16. The van der Waals surface area contributed by atoms with E-state index in [-0.39, 0.29) is 11.8 Å². The molecule has 2 aromatic carbocycles. The summed E-state index contributed by atoms with van der Waals surface area (Å²) in [5.74, 6) is -0.650. The average molecular weight is 280 g/mol. The second-order valence-corrected chi connectivity index (χ2v) is 4.47. The van der Waals surface area contributed by atoms with Crippen LogP contribution in [0.15, 0.2) is 53.7 Å². The van der Waals surface area contributed by atoms with Gasteiger partial charge in [0.05, 0.1) is 23.0 Å². The van der Waals surface area contributed by atoms with Gasteiger partial charge in [-0.05, 0) is 18.2 Å². The quantitative estimate of drug-likeness (QED) is 0.493. The zero-order valence-corrected chi connectivity index (χ0v) is 11.3. The lowest BCUT2D eigenvalue weighted by Crippen LogP contribution is -2.30. The van der Waals surface area contributed by atoms with Crippen LogP contribution >= 0.6 is 0 Å². The van der Waals surface area contributed by atoms with Crippen molar-refractivity contribution >= 4 is 23.7 Å². The van der Waals surface area contributed by atoms with Crippen molar-refractivity contribution in [1.29, 1.82) is 0 Å². The normalized spacial score (nSPS) is 13.9. The lowest BCUT2D eigenvalue weighted by atomic mass is 10.1. The molecule has 0 aromatic heterocycles. The SMILES string of the molecule is CON=Cc1ccccc1N1C(=O)c2ccccc2C1=O. The second kappa shape index (κ2) is 5.20. The molecule has 0 spiro atoms. The lowest BCUT2D eigenvalue weighted by molar-refractivity contribution is 0.0926. The summed E-state index contributed by atoms with van der Waals surface area (Å²) >= 11 is 0. The molecular formula is C16H12N2O3. The van der Waals surface area contributed by atoms with E-state index < -0.39 is 0 Å². The van der Waals surface area contributed by atoms with Gasteiger partial charge in [-0.15, -0.1) is 0 Å². The first-order valence-corrected chi connectivity index (χ1v) is 6.37. The summed E-state index contributed by atoms with van der Waals surface area (Å²) in [6.07, 6.45) is 1.47. The Labute approximate surface area is 121 Å². The molecule has 0 saturated heterocycles. The van der Waals surface area contributed by atoms with Crippen molar-refractivity contribution in [3.05, 3.63) is 65.2 Å². The van der Waals surface area contributed by atoms with Crippen LogP contribution < -0.4 is 4.90 Å². The molecule has 2 amide bonds. The average Bonchev–Trinajstić information content (AvgIpc) is 2.78. The topological polar surface area (TPSA) is 59.0 Å². The predicted molar refractivity (Wildman–Crippen MR) is 78.6 cm³/mol. The van der Waals surface area contributed by atoms with Gasteiger partial charge < -0.3 is 4.84 Å². The molecule has 0 fully saturated rings. The van der Waals surface area contributed by atoms with E-state index in [0.717, 1.165) is 0 Å². The molecule has 2 aromatic rings. The van der Waals surface area contributed by atoms with Gasteiger partial charge in [-0.1, -0.05) is 35.5 Å². The monoisotopic (exact) mass is 280 g/mol. The van der Waals surface area contributed by atoms with Crippen LogP contribution in [-0.2, 0) is 4.84 Å². The largest absolute Gasteiger partial charge is 0.399 e. The van der Waals surface area contributed by atoms with Crippen molar-refractivity contribution in [2.75, 3.05) is 12.0 Å². The Balaban J connectivity index is 2.09. The summed E-state index contributed by atoms with van der Waals surface area (Å²) < 4.78 is 0. The number of hydrogen-bond donors (Lipinski definition) is 0. The van der Waals surface area contributed by atoms with Gasteiger partial charge in [0.25, 0.3) is 11.8 Å². The van der Waals surface area contributed by atoms with Gasteiger partial charge in [-0.25, -0.2) is 4.90 Å². The molecule has 0 N–H and O–H groups in total. The fourth-order valence-electron chi connectivity index (χ4n) is 2.32. The van der Waals surface area contributed by atoms with Crippen molar-refractivity contribution < 1.29 is 14.4 Å². The zero-order valence-electron chi connectivity index (χ0n) is 11.3. The van der Waals surface area contributed by atoms with Crippen LogP contribution in [0.4, 0.5) is 5.69 Å². The van der Waals surface area contributed by atoms with E-state index in [1.165, 1.54) is 18.2 Å². The number of nitrogens with zero attached hydrogens (tertiary/aromatic N) is 2. The first-order chi connectivity index (χ1) is 10.2. The van der Waals surface area contributed by atoms with Crippen molar-refractivity contribution in [3.63, 3.8) is 0 Å². The van der Waals surface area contributed by atoms with Gasteiger partial charge >= 0.3 is 0 Å². The summed E-state index contributed by atoms with van der Waals surface area (Å²) in [4.78, 5) is 30.8. The molecule has 0 bridgehead atoms. The molecule has 5 nitrogen and oxygen atoms in total. The molecule has 5 heteroatoms. The van der Waals surface area contributed by atoms with Gasteiger partial charge in [-0.2, -0.15) is 0 Å². The van der Waals surface area contributed by atoms with E-state index in [2.05, 4.69) is 9.99 Å². The number of para-hydroxylation sites is 1. The maximum absolute atomic E-state index is 12.5. The van der Waals surface area contributed by atoms with E-state index in [0.29, 0.717) is 22.4 Å². The van der Waals surface area contributed by atoms with Crippen molar-refractivity contribution in [2.45, 2.75) is 0 Å². The molecule has 3 rings (SSSR count). The summed E-state index contributed by atoms with van der Waals surface area (Å²) in [6.45, 7) is 0. The first kappa shape index (κ1) is 13.1. The van der Waals surface area contributed by atoms with E-state index >= 15 is 0 Å². The molecule has 0 unspecified atom stereocenters. The molecule has 104 valence electrons. The van der Waals surface area contributed by atoms with Crippen LogP contribution in [0.1, 0.15) is 26.3 Å².